The molecule has 3 aromatic rings. The maximum Gasteiger partial charge on any atom is 0.230 e. The molecule has 1 amide bonds. The predicted octanol–water partition coefficient (Wildman–Crippen LogP) is 2.10. The fraction of sp³-hybridized carbons (Fsp3) is 0.333. The Morgan fingerprint density at radius 2 is 2.08 bits per heavy atom. The smallest absolute Gasteiger partial charge is 0.230 e. The van der Waals surface area contributed by atoms with Crippen LogP contribution in [-0.2, 0) is 11.8 Å². The lowest BCUT2D eigenvalue weighted by Crippen LogP contribution is -2.29. The molecule has 0 saturated heterocycles. The molecule has 0 radical (unpaired) electrons. The van der Waals surface area contributed by atoms with Gasteiger partial charge in [0.2, 0.25) is 5.91 Å². The van der Waals surface area contributed by atoms with E-state index in [0.29, 0.717) is 12.3 Å². The van der Waals surface area contributed by atoms with Crippen LogP contribution in [-0.4, -0.2) is 51.5 Å². The molecular formula is C18H22N6OS. The molecule has 1 N–H and O–H groups in total. The normalized spacial score (nSPS) is 10.8. The number of fused-ring (bicyclic) bond motifs is 1. The molecule has 0 atom stereocenters. The van der Waals surface area contributed by atoms with E-state index in [-0.39, 0.29) is 5.91 Å². The van der Waals surface area contributed by atoms with Crippen LogP contribution in [0.1, 0.15) is 6.42 Å². The topological polar surface area (TPSA) is 75.9 Å². The van der Waals surface area contributed by atoms with E-state index in [1.54, 1.807) is 10.9 Å². The summed E-state index contributed by atoms with van der Waals surface area (Å²) in [6.07, 6.45) is 4.13. The Morgan fingerprint density at radius 1 is 1.27 bits per heavy atom. The molecular weight excluding hydrogens is 348 g/mol. The van der Waals surface area contributed by atoms with Gasteiger partial charge in [0.25, 0.3) is 0 Å². The molecule has 0 aliphatic heterocycles. The number of benzene rings is 1. The van der Waals surface area contributed by atoms with Crippen LogP contribution in [0.4, 0.5) is 5.69 Å². The average molecular weight is 370 g/mol. The molecule has 0 fully saturated rings. The summed E-state index contributed by atoms with van der Waals surface area (Å²) in [6, 6.07) is 10.2. The molecule has 7 nitrogen and oxygen atoms in total. The number of rotatable bonds is 8. The number of para-hydroxylation sites is 1. The fourth-order valence-electron chi connectivity index (χ4n) is 2.60. The molecule has 1 aromatic carbocycles. The van der Waals surface area contributed by atoms with Crippen molar-refractivity contribution >= 4 is 34.4 Å². The van der Waals surface area contributed by atoms with Crippen molar-refractivity contribution in [1.82, 2.24) is 25.1 Å². The highest BCUT2D eigenvalue weighted by Gasteiger charge is 2.10. The van der Waals surface area contributed by atoms with E-state index in [0.717, 1.165) is 29.0 Å². The molecule has 136 valence electrons. The van der Waals surface area contributed by atoms with Gasteiger partial charge in [-0.25, -0.2) is 9.97 Å². The molecule has 0 bridgehead atoms. The minimum absolute atomic E-state index is 0.00742. The van der Waals surface area contributed by atoms with Crippen molar-refractivity contribution in [3.63, 3.8) is 0 Å². The van der Waals surface area contributed by atoms with E-state index in [2.05, 4.69) is 44.5 Å². The van der Waals surface area contributed by atoms with Crippen LogP contribution in [0.3, 0.4) is 0 Å². The third kappa shape index (κ3) is 4.51. The standard InChI is InChI=1S/C18H22N6OS/c1-23(14-7-4-3-5-8-14)10-6-9-19-16(25)12-26-18-15-11-22-24(2)17(15)20-13-21-18/h3-5,7-8,11,13H,6,9-10,12H2,1-2H3,(H,19,25). The highest BCUT2D eigenvalue weighted by atomic mass is 32.2. The first-order chi connectivity index (χ1) is 12.6. The Hall–Kier alpha value is -2.61. The third-order valence-corrected chi connectivity index (χ3v) is 5.03. The monoisotopic (exact) mass is 370 g/mol. The van der Waals surface area contributed by atoms with Gasteiger partial charge in [-0.1, -0.05) is 30.0 Å². The second-order valence-corrected chi connectivity index (χ2v) is 6.90. The number of aromatic nitrogens is 4. The molecule has 2 aromatic heterocycles. The maximum absolute atomic E-state index is 12.1. The Labute approximate surface area is 156 Å². The lowest BCUT2D eigenvalue weighted by molar-refractivity contribution is -0.118. The summed E-state index contributed by atoms with van der Waals surface area (Å²) in [5.74, 6) is 0.336. The van der Waals surface area contributed by atoms with Crippen molar-refractivity contribution in [3.05, 3.63) is 42.9 Å². The molecule has 0 aliphatic rings. The van der Waals surface area contributed by atoms with Gasteiger partial charge < -0.3 is 10.2 Å². The molecule has 0 unspecified atom stereocenters. The first-order valence-electron chi connectivity index (χ1n) is 8.43. The van der Waals surface area contributed by atoms with Crippen LogP contribution in [0.5, 0.6) is 0 Å². The summed E-state index contributed by atoms with van der Waals surface area (Å²) in [6.45, 7) is 1.54. The summed E-state index contributed by atoms with van der Waals surface area (Å²) in [7, 11) is 3.89. The molecule has 8 heteroatoms. The van der Waals surface area contributed by atoms with Gasteiger partial charge in [-0.2, -0.15) is 5.10 Å². The Kier molecular flexibility index (Phi) is 6.06. The minimum atomic E-state index is 0.00742. The van der Waals surface area contributed by atoms with E-state index in [9.17, 15) is 4.79 Å². The molecule has 3 rings (SSSR count). The SMILES string of the molecule is CN(CCCNC(=O)CSc1ncnc2c1cnn2C)c1ccccc1. The molecule has 0 spiro atoms. The van der Waals surface area contributed by atoms with E-state index in [4.69, 9.17) is 0 Å². The zero-order chi connectivity index (χ0) is 18.4. The van der Waals surface area contributed by atoms with Gasteiger partial charge >= 0.3 is 0 Å². The molecule has 2 heterocycles. The summed E-state index contributed by atoms with van der Waals surface area (Å²) in [5.41, 5.74) is 1.95. The first kappa shape index (κ1) is 18.2. The van der Waals surface area contributed by atoms with Crippen molar-refractivity contribution in [2.45, 2.75) is 11.4 Å². The fourth-order valence-corrected chi connectivity index (χ4v) is 3.39. The van der Waals surface area contributed by atoms with Gasteiger partial charge in [-0.15, -0.1) is 0 Å². The van der Waals surface area contributed by atoms with Crippen LogP contribution >= 0.6 is 11.8 Å². The quantitative estimate of drug-likeness (QED) is 0.372. The number of carbonyl (C=O) groups is 1. The maximum atomic E-state index is 12.1. The average Bonchev–Trinajstić information content (AvgIpc) is 3.06. The Balaban J connectivity index is 1.40. The van der Waals surface area contributed by atoms with Gasteiger partial charge in [0, 0.05) is 32.9 Å². The first-order valence-corrected chi connectivity index (χ1v) is 9.42. The van der Waals surface area contributed by atoms with Gasteiger partial charge in [0.1, 0.15) is 11.4 Å². The lowest BCUT2D eigenvalue weighted by Gasteiger charge is -2.19. The molecule has 0 aliphatic carbocycles. The van der Waals surface area contributed by atoms with Crippen LogP contribution in [0.15, 0.2) is 47.9 Å². The van der Waals surface area contributed by atoms with Gasteiger partial charge in [-0.3, -0.25) is 9.48 Å². The van der Waals surface area contributed by atoms with Crippen molar-refractivity contribution in [1.29, 1.82) is 0 Å². The van der Waals surface area contributed by atoms with E-state index >= 15 is 0 Å². The van der Waals surface area contributed by atoms with E-state index < -0.39 is 0 Å². The van der Waals surface area contributed by atoms with Crippen LogP contribution < -0.4 is 10.2 Å². The lowest BCUT2D eigenvalue weighted by atomic mass is 10.3. The minimum Gasteiger partial charge on any atom is -0.375 e. The van der Waals surface area contributed by atoms with Gasteiger partial charge in [-0.05, 0) is 18.6 Å². The number of nitrogens with zero attached hydrogens (tertiary/aromatic N) is 5. The van der Waals surface area contributed by atoms with Gasteiger partial charge in [0.15, 0.2) is 5.65 Å². The summed E-state index contributed by atoms with van der Waals surface area (Å²) in [4.78, 5) is 22.7. The highest BCUT2D eigenvalue weighted by Crippen LogP contribution is 2.23. The number of hydrogen-bond acceptors (Lipinski definition) is 6. The summed E-state index contributed by atoms with van der Waals surface area (Å²) >= 11 is 1.41. The number of amides is 1. The molecule has 26 heavy (non-hydrogen) atoms. The van der Waals surface area contributed by atoms with E-state index in [1.807, 2.05) is 25.2 Å². The Bertz CT molecular complexity index is 867. The second-order valence-electron chi connectivity index (χ2n) is 5.93. The van der Waals surface area contributed by atoms with Crippen molar-refractivity contribution in [2.75, 3.05) is 30.8 Å². The van der Waals surface area contributed by atoms with E-state index in [1.165, 1.54) is 23.8 Å². The Morgan fingerprint density at radius 3 is 2.88 bits per heavy atom. The number of carbonyl (C=O) groups excluding carboxylic acids is 1. The zero-order valence-corrected chi connectivity index (χ0v) is 15.7. The predicted molar refractivity (Wildman–Crippen MR) is 104 cm³/mol. The number of anilines is 1. The largest absolute Gasteiger partial charge is 0.375 e. The van der Waals surface area contributed by atoms with Gasteiger partial charge in [0.05, 0.1) is 17.3 Å². The number of nitrogens with one attached hydrogen (secondary N) is 1. The second kappa shape index (κ2) is 8.66. The number of thioether (sulfide) groups is 1. The van der Waals surface area contributed by atoms with Crippen molar-refractivity contribution < 1.29 is 4.79 Å². The van der Waals surface area contributed by atoms with Crippen LogP contribution in [0.2, 0.25) is 0 Å². The summed E-state index contributed by atoms with van der Waals surface area (Å²) < 4.78 is 1.70. The molecule has 0 saturated carbocycles. The van der Waals surface area contributed by atoms with Crippen LogP contribution in [0.25, 0.3) is 11.0 Å². The number of aryl methyl sites for hydroxylation is 1. The van der Waals surface area contributed by atoms with Crippen LogP contribution in [0, 0.1) is 0 Å². The van der Waals surface area contributed by atoms with Crippen molar-refractivity contribution in [2.24, 2.45) is 7.05 Å². The third-order valence-electron chi connectivity index (χ3n) is 4.02. The summed E-state index contributed by atoms with van der Waals surface area (Å²) in [5, 5.41) is 8.80. The highest BCUT2D eigenvalue weighted by molar-refractivity contribution is 8.00. The van der Waals surface area contributed by atoms with Crippen molar-refractivity contribution in [3.8, 4) is 0 Å². The zero-order valence-electron chi connectivity index (χ0n) is 14.9. The number of hydrogen-bond donors (Lipinski definition) is 1.